The smallest absolute Gasteiger partial charge is 0.218 e. The van der Waals surface area contributed by atoms with Crippen LogP contribution in [0.1, 0.15) is 0 Å². The second-order valence-electron chi connectivity index (χ2n) is 5.50. The predicted octanol–water partition coefficient (Wildman–Crippen LogP) is 6.01. The van der Waals surface area contributed by atoms with Crippen molar-refractivity contribution in [3.63, 3.8) is 0 Å². The van der Waals surface area contributed by atoms with Crippen LogP contribution < -0.4 is 0 Å². The summed E-state index contributed by atoms with van der Waals surface area (Å²) >= 11 is 0. The Balaban J connectivity index is 1.70. The molecule has 0 radical (unpaired) electrons. The second-order valence-corrected chi connectivity index (χ2v) is 7.67. The Morgan fingerprint density at radius 1 is 0.500 bits per heavy atom. The average Bonchev–Trinajstić information content (AvgIpc) is 2.74. The third-order valence-electron chi connectivity index (χ3n) is 3.72. The minimum atomic E-state index is 0.650. The molecule has 3 aromatic carbocycles. The van der Waals surface area contributed by atoms with Crippen molar-refractivity contribution in [3.8, 4) is 22.5 Å². The normalized spacial score (nSPS) is 10.6. The Hall–Kier alpha value is -2.63. The van der Waals surface area contributed by atoms with Gasteiger partial charge in [0.15, 0.2) is 0 Å². The number of benzene rings is 3. The molecule has 0 saturated carbocycles. The fourth-order valence-corrected chi connectivity index (χ4v) is 4.19. The molecule has 1 heterocycles. The van der Waals surface area contributed by atoms with E-state index in [1.54, 1.807) is 10.8 Å². The van der Waals surface area contributed by atoms with Crippen molar-refractivity contribution in [2.75, 3.05) is 0 Å². The largest absolute Gasteiger partial charge is 0.220 e. The van der Waals surface area contributed by atoms with E-state index in [-0.39, 0.29) is 0 Å². The molecule has 0 aliphatic rings. The second kappa shape index (κ2) is 8.17. The summed E-state index contributed by atoms with van der Waals surface area (Å²) in [5, 5.41) is 9.48. The lowest BCUT2D eigenvalue weighted by molar-refractivity contribution is 0.854. The standard InChI is InChI=1S/C21H15N3S2/c1-4-10-16(11-5-1)19-20(17-12-6-2-7-13-17)23-24-21(22-19)26-25-18-14-8-3-9-15-18/h1-15H. The van der Waals surface area contributed by atoms with E-state index in [2.05, 4.69) is 34.5 Å². The highest BCUT2D eigenvalue weighted by Gasteiger charge is 2.14. The number of aromatic nitrogens is 3. The number of hydrogen-bond donors (Lipinski definition) is 0. The molecule has 126 valence electrons. The van der Waals surface area contributed by atoms with Crippen LogP contribution in [-0.4, -0.2) is 15.2 Å². The maximum Gasteiger partial charge on any atom is 0.220 e. The van der Waals surface area contributed by atoms with Gasteiger partial charge in [-0.15, -0.1) is 10.2 Å². The van der Waals surface area contributed by atoms with Crippen LogP contribution in [0.25, 0.3) is 22.5 Å². The maximum absolute atomic E-state index is 4.80. The summed E-state index contributed by atoms with van der Waals surface area (Å²) in [4.78, 5) is 5.96. The number of nitrogens with zero attached hydrogens (tertiary/aromatic N) is 3. The summed E-state index contributed by atoms with van der Waals surface area (Å²) < 4.78 is 0. The molecule has 26 heavy (non-hydrogen) atoms. The van der Waals surface area contributed by atoms with Crippen LogP contribution in [0.2, 0.25) is 0 Å². The predicted molar refractivity (Wildman–Crippen MR) is 109 cm³/mol. The van der Waals surface area contributed by atoms with Gasteiger partial charge in [-0.2, -0.15) is 0 Å². The highest BCUT2D eigenvalue weighted by Crippen LogP contribution is 2.37. The first-order chi connectivity index (χ1) is 12.9. The molecule has 0 unspecified atom stereocenters. The molecule has 1 aromatic heterocycles. The van der Waals surface area contributed by atoms with Gasteiger partial charge in [0.1, 0.15) is 11.4 Å². The van der Waals surface area contributed by atoms with Crippen LogP contribution in [-0.2, 0) is 0 Å². The molecule has 4 rings (SSSR count). The zero-order valence-electron chi connectivity index (χ0n) is 13.8. The van der Waals surface area contributed by atoms with Crippen LogP contribution in [0.5, 0.6) is 0 Å². The minimum Gasteiger partial charge on any atom is -0.218 e. The number of rotatable bonds is 5. The van der Waals surface area contributed by atoms with Gasteiger partial charge in [-0.25, -0.2) is 4.98 Å². The molecule has 0 aliphatic heterocycles. The highest BCUT2D eigenvalue weighted by atomic mass is 33.1. The first-order valence-electron chi connectivity index (χ1n) is 8.15. The quantitative estimate of drug-likeness (QED) is 0.401. The lowest BCUT2D eigenvalue weighted by Gasteiger charge is -2.09. The van der Waals surface area contributed by atoms with E-state index in [4.69, 9.17) is 4.98 Å². The lowest BCUT2D eigenvalue weighted by atomic mass is 10.0. The number of hydrogen-bond acceptors (Lipinski definition) is 5. The van der Waals surface area contributed by atoms with Crippen LogP contribution in [0.3, 0.4) is 0 Å². The van der Waals surface area contributed by atoms with Gasteiger partial charge in [-0.3, -0.25) is 0 Å². The van der Waals surface area contributed by atoms with Gasteiger partial charge in [0.2, 0.25) is 5.16 Å². The van der Waals surface area contributed by atoms with E-state index in [1.807, 2.05) is 66.7 Å². The van der Waals surface area contributed by atoms with Gasteiger partial charge in [-0.05, 0) is 33.7 Å². The summed E-state index contributed by atoms with van der Waals surface area (Å²) in [7, 11) is 3.15. The molecule has 3 nitrogen and oxygen atoms in total. The maximum atomic E-state index is 4.80. The van der Waals surface area contributed by atoms with E-state index in [0.717, 1.165) is 27.4 Å². The Morgan fingerprint density at radius 2 is 1.04 bits per heavy atom. The molecule has 0 fully saturated rings. The molecule has 0 N–H and O–H groups in total. The monoisotopic (exact) mass is 373 g/mol. The zero-order chi connectivity index (χ0) is 17.6. The molecule has 0 atom stereocenters. The molecule has 0 amide bonds. The molecule has 5 heteroatoms. The Bertz CT molecular complexity index is 978. The highest BCUT2D eigenvalue weighted by molar-refractivity contribution is 8.76. The molecule has 0 aliphatic carbocycles. The van der Waals surface area contributed by atoms with Crippen LogP contribution in [0.15, 0.2) is 101 Å². The van der Waals surface area contributed by atoms with Gasteiger partial charge in [0.25, 0.3) is 0 Å². The average molecular weight is 374 g/mol. The summed E-state index contributed by atoms with van der Waals surface area (Å²) in [6.07, 6.45) is 0. The van der Waals surface area contributed by atoms with E-state index in [0.29, 0.717) is 5.16 Å². The van der Waals surface area contributed by atoms with Gasteiger partial charge >= 0.3 is 0 Å². The van der Waals surface area contributed by atoms with Gasteiger partial charge in [0.05, 0.1) is 0 Å². The van der Waals surface area contributed by atoms with Crippen LogP contribution >= 0.6 is 21.6 Å². The zero-order valence-corrected chi connectivity index (χ0v) is 15.5. The molecule has 0 spiro atoms. The van der Waals surface area contributed by atoms with Crippen molar-refractivity contribution < 1.29 is 0 Å². The van der Waals surface area contributed by atoms with E-state index >= 15 is 0 Å². The molecule has 4 aromatic rings. The summed E-state index contributed by atoms with van der Waals surface area (Å²) in [5.74, 6) is 0. The van der Waals surface area contributed by atoms with E-state index < -0.39 is 0 Å². The topological polar surface area (TPSA) is 38.7 Å². The fourth-order valence-electron chi connectivity index (χ4n) is 2.50. The van der Waals surface area contributed by atoms with Gasteiger partial charge in [0, 0.05) is 16.0 Å². The fraction of sp³-hybridized carbons (Fsp3) is 0. The summed E-state index contributed by atoms with van der Waals surface area (Å²) in [6.45, 7) is 0. The first kappa shape index (κ1) is 16.8. The molecule has 0 bridgehead atoms. The van der Waals surface area contributed by atoms with Crippen LogP contribution in [0, 0.1) is 0 Å². The SMILES string of the molecule is c1ccc(SSc2nnc(-c3ccccc3)c(-c3ccccc3)n2)cc1. The van der Waals surface area contributed by atoms with Crippen molar-refractivity contribution in [2.24, 2.45) is 0 Å². The Labute approximate surface area is 160 Å². The van der Waals surface area contributed by atoms with Crippen molar-refractivity contribution in [1.29, 1.82) is 0 Å². The van der Waals surface area contributed by atoms with Crippen molar-refractivity contribution in [3.05, 3.63) is 91.0 Å². The van der Waals surface area contributed by atoms with Gasteiger partial charge < -0.3 is 0 Å². The first-order valence-corrected chi connectivity index (χ1v) is 10.3. The van der Waals surface area contributed by atoms with Crippen LogP contribution in [0.4, 0.5) is 0 Å². The molecular weight excluding hydrogens is 358 g/mol. The van der Waals surface area contributed by atoms with Crippen molar-refractivity contribution in [1.82, 2.24) is 15.2 Å². The van der Waals surface area contributed by atoms with E-state index in [9.17, 15) is 0 Å². The third-order valence-corrected chi connectivity index (χ3v) is 5.86. The van der Waals surface area contributed by atoms with Crippen molar-refractivity contribution >= 4 is 21.6 Å². The summed E-state index contributed by atoms with van der Waals surface area (Å²) in [6, 6.07) is 30.4. The Morgan fingerprint density at radius 3 is 1.65 bits per heavy atom. The van der Waals surface area contributed by atoms with Crippen molar-refractivity contribution in [2.45, 2.75) is 10.1 Å². The lowest BCUT2D eigenvalue weighted by Crippen LogP contribution is -1.98. The molecule has 0 saturated heterocycles. The molecular formula is C21H15N3S2. The minimum absolute atomic E-state index is 0.650. The Kier molecular flexibility index (Phi) is 5.28. The van der Waals surface area contributed by atoms with E-state index in [1.165, 1.54) is 10.8 Å². The summed E-state index contributed by atoms with van der Waals surface area (Å²) in [5.41, 5.74) is 3.69. The van der Waals surface area contributed by atoms with Gasteiger partial charge in [-0.1, -0.05) is 78.9 Å². The third kappa shape index (κ3) is 3.95.